The van der Waals surface area contributed by atoms with Crippen molar-refractivity contribution >= 4 is 11.6 Å². The second-order valence-corrected chi connectivity index (χ2v) is 6.99. The van der Waals surface area contributed by atoms with Crippen molar-refractivity contribution in [3.05, 3.63) is 70.6 Å². The molecule has 3 rings (SSSR count). The van der Waals surface area contributed by atoms with Gasteiger partial charge in [-0.25, -0.2) is 4.98 Å². The number of halogens is 7. The van der Waals surface area contributed by atoms with E-state index in [2.05, 4.69) is 4.98 Å². The third-order valence-electron chi connectivity index (χ3n) is 4.43. The molecule has 0 saturated heterocycles. The van der Waals surface area contributed by atoms with Gasteiger partial charge < -0.3 is 14.3 Å². The lowest BCUT2D eigenvalue weighted by atomic mass is 9.92. The molecule has 1 aromatic heterocycles. The van der Waals surface area contributed by atoms with Crippen LogP contribution in [0.15, 0.2) is 52.9 Å². The van der Waals surface area contributed by atoms with Gasteiger partial charge in [0.2, 0.25) is 5.89 Å². The minimum atomic E-state index is -5.96. The Morgan fingerprint density at radius 2 is 1.61 bits per heavy atom. The van der Waals surface area contributed by atoms with Gasteiger partial charge in [-0.15, -0.1) is 0 Å². The van der Waals surface area contributed by atoms with Crippen molar-refractivity contribution < 1.29 is 40.6 Å². The highest BCUT2D eigenvalue weighted by atomic mass is 35.5. The number of nitrogens with zero attached hydrogens (tertiary/aromatic N) is 1. The second-order valence-electron chi connectivity index (χ2n) is 6.55. The van der Waals surface area contributed by atoms with Crippen LogP contribution in [0.3, 0.4) is 0 Å². The standard InChI is InChI=1S/C20H14ClF6NO3/c1-11-16(28-17(31-11)12-3-2-4-14(21)9-12)10-30-15-7-5-13(6-8-15)18(29,19(22,23)24)20(25,26)27/h2-9,29H,10H2,1H3. The fourth-order valence-corrected chi connectivity index (χ4v) is 2.93. The predicted octanol–water partition coefficient (Wildman–Crippen LogP) is 6.19. The van der Waals surface area contributed by atoms with Crippen molar-refractivity contribution in [2.45, 2.75) is 31.5 Å². The van der Waals surface area contributed by atoms with Crippen LogP contribution < -0.4 is 4.74 Å². The molecule has 0 atom stereocenters. The van der Waals surface area contributed by atoms with Crippen LogP contribution in [0.4, 0.5) is 26.3 Å². The normalized spacial score (nSPS) is 12.8. The number of hydrogen-bond acceptors (Lipinski definition) is 4. The number of rotatable bonds is 5. The van der Waals surface area contributed by atoms with E-state index in [-0.39, 0.29) is 18.2 Å². The molecule has 11 heteroatoms. The summed E-state index contributed by atoms with van der Waals surface area (Å²) in [4.78, 5) is 4.27. The maximum absolute atomic E-state index is 12.9. The van der Waals surface area contributed by atoms with E-state index in [1.807, 2.05) is 0 Å². The van der Waals surface area contributed by atoms with Crippen LogP contribution in [-0.4, -0.2) is 22.4 Å². The maximum Gasteiger partial charge on any atom is 0.430 e. The summed E-state index contributed by atoms with van der Waals surface area (Å²) >= 11 is 5.93. The van der Waals surface area contributed by atoms with Crippen LogP contribution in [0.25, 0.3) is 11.5 Å². The van der Waals surface area contributed by atoms with Crippen molar-refractivity contribution in [2.24, 2.45) is 0 Å². The summed E-state index contributed by atoms with van der Waals surface area (Å²) < 4.78 is 88.6. The molecule has 0 radical (unpaired) electrons. The van der Waals surface area contributed by atoms with Crippen molar-refractivity contribution in [1.29, 1.82) is 0 Å². The molecule has 31 heavy (non-hydrogen) atoms. The summed E-state index contributed by atoms with van der Waals surface area (Å²) in [6, 6.07) is 9.54. The van der Waals surface area contributed by atoms with Gasteiger partial charge in [0.1, 0.15) is 23.8 Å². The van der Waals surface area contributed by atoms with Crippen molar-refractivity contribution in [3.63, 3.8) is 0 Å². The number of aryl methyl sites for hydroxylation is 1. The molecule has 0 amide bonds. The molecule has 0 fully saturated rings. The van der Waals surface area contributed by atoms with Crippen molar-refractivity contribution in [2.75, 3.05) is 0 Å². The van der Waals surface area contributed by atoms with Gasteiger partial charge in [-0.3, -0.25) is 0 Å². The molecule has 1 N–H and O–H groups in total. The Morgan fingerprint density at radius 3 is 2.16 bits per heavy atom. The first-order valence-electron chi connectivity index (χ1n) is 8.64. The Balaban J connectivity index is 1.77. The van der Waals surface area contributed by atoms with Gasteiger partial charge in [-0.05, 0) is 37.3 Å². The number of benzene rings is 2. The van der Waals surface area contributed by atoms with E-state index in [1.165, 1.54) is 0 Å². The molecular formula is C20H14ClF6NO3. The third kappa shape index (κ3) is 4.49. The number of ether oxygens (including phenoxy) is 1. The van der Waals surface area contributed by atoms with Gasteiger partial charge in [-0.2, -0.15) is 26.3 Å². The molecule has 3 aromatic rings. The fourth-order valence-electron chi connectivity index (χ4n) is 2.74. The predicted molar refractivity (Wildman–Crippen MR) is 98.5 cm³/mol. The molecule has 0 aliphatic heterocycles. The highest BCUT2D eigenvalue weighted by Crippen LogP contribution is 2.50. The lowest BCUT2D eigenvalue weighted by Gasteiger charge is -2.32. The average Bonchev–Trinajstić information content (AvgIpc) is 3.05. The highest BCUT2D eigenvalue weighted by Gasteiger charge is 2.71. The lowest BCUT2D eigenvalue weighted by molar-refractivity contribution is -0.376. The van der Waals surface area contributed by atoms with E-state index in [0.717, 1.165) is 12.1 Å². The first-order chi connectivity index (χ1) is 14.3. The first-order valence-corrected chi connectivity index (χ1v) is 9.02. The van der Waals surface area contributed by atoms with Crippen LogP contribution in [0.5, 0.6) is 5.75 Å². The van der Waals surface area contributed by atoms with Crippen LogP contribution in [0.2, 0.25) is 5.02 Å². The Labute approximate surface area is 177 Å². The Bertz CT molecular complexity index is 1050. The van der Waals surface area contributed by atoms with Crippen LogP contribution in [-0.2, 0) is 12.2 Å². The topological polar surface area (TPSA) is 55.5 Å². The largest absolute Gasteiger partial charge is 0.487 e. The van der Waals surface area contributed by atoms with E-state index in [4.69, 9.17) is 20.8 Å². The van der Waals surface area contributed by atoms with Crippen molar-refractivity contribution in [3.8, 4) is 17.2 Å². The Kier molecular flexibility index (Phi) is 5.98. The zero-order chi connectivity index (χ0) is 23.0. The number of oxazole rings is 1. The summed E-state index contributed by atoms with van der Waals surface area (Å²) in [5.74, 6) is 0.659. The molecule has 4 nitrogen and oxygen atoms in total. The molecular weight excluding hydrogens is 452 g/mol. The molecule has 166 valence electrons. The fraction of sp³-hybridized carbons (Fsp3) is 0.250. The average molecular weight is 466 g/mol. The van der Waals surface area contributed by atoms with Gasteiger partial charge in [0.25, 0.3) is 5.60 Å². The molecule has 0 unspecified atom stereocenters. The van der Waals surface area contributed by atoms with Gasteiger partial charge in [0.05, 0.1) is 0 Å². The van der Waals surface area contributed by atoms with E-state index in [1.54, 1.807) is 31.2 Å². The highest BCUT2D eigenvalue weighted by molar-refractivity contribution is 6.30. The van der Waals surface area contributed by atoms with E-state index >= 15 is 0 Å². The number of hydrogen-bond donors (Lipinski definition) is 1. The maximum atomic E-state index is 12.9. The summed E-state index contributed by atoms with van der Waals surface area (Å²) in [5.41, 5.74) is -5.38. The molecule has 1 heterocycles. The monoisotopic (exact) mass is 465 g/mol. The van der Waals surface area contributed by atoms with Gasteiger partial charge in [-0.1, -0.05) is 29.8 Å². The van der Waals surface area contributed by atoms with Gasteiger partial charge in [0.15, 0.2) is 0 Å². The summed E-state index contributed by atoms with van der Waals surface area (Å²) in [7, 11) is 0. The van der Waals surface area contributed by atoms with E-state index < -0.39 is 23.5 Å². The van der Waals surface area contributed by atoms with E-state index in [0.29, 0.717) is 34.2 Å². The summed E-state index contributed by atoms with van der Waals surface area (Å²) in [5, 5.41) is 9.87. The Morgan fingerprint density at radius 1 is 1.00 bits per heavy atom. The molecule has 0 aliphatic rings. The molecule has 0 aliphatic carbocycles. The second kappa shape index (κ2) is 8.08. The minimum absolute atomic E-state index is 0.0258. The smallest absolute Gasteiger partial charge is 0.430 e. The van der Waals surface area contributed by atoms with Crippen molar-refractivity contribution in [1.82, 2.24) is 4.98 Å². The molecule has 2 aromatic carbocycles. The van der Waals surface area contributed by atoms with E-state index in [9.17, 15) is 31.4 Å². The van der Waals surface area contributed by atoms with Crippen LogP contribution in [0, 0.1) is 6.92 Å². The Hall–Kier alpha value is -2.72. The van der Waals surface area contributed by atoms with Crippen LogP contribution >= 0.6 is 11.6 Å². The zero-order valence-corrected chi connectivity index (χ0v) is 16.4. The minimum Gasteiger partial charge on any atom is -0.487 e. The summed E-state index contributed by atoms with van der Waals surface area (Å²) in [6.07, 6.45) is -11.9. The lowest BCUT2D eigenvalue weighted by Crippen LogP contribution is -2.53. The molecule has 0 bridgehead atoms. The summed E-state index contributed by atoms with van der Waals surface area (Å²) in [6.45, 7) is 1.47. The number of alkyl halides is 6. The quantitative estimate of drug-likeness (QED) is 0.456. The molecule has 0 spiro atoms. The third-order valence-corrected chi connectivity index (χ3v) is 4.67. The van der Waals surface area contributed by atoms with Crippen LogP contribution in [0.1, 0.15) is 17.0 Å². The van der Waals surface area contributed by atoms with Gasteiger partial charge in [0, 0.05) is 16.1 Å². The first kappa shape index (κ1) is 23.0. The SMILES string of the molecule is Cc1oc(-c2cccc(Cl)c2)nc1COc1ccc(C(O)(C(F)(F)F)C(F)(F)F)cc1. The number of aromatic nitrogens is 1. The number of aliphatic hydroxyl groups is 1. The van der Waals surface area contributed by atoms with Gasteiger partial charge >= 0.3 is 12.4 Å². The molecule has 0 saturated carbocycles. The zero-order valence-electron chi connectivity index (χ0n) is 15.7.